The van der Waals surface area contributed by atoms with E-state index in [2.05, 4.69) is 10.6 Å². The van der Waals surface area contributed by atoms with Crippen LogP contribution in [0.15, 0.2) is 0 Å². The smallest absolute Gasteiger partial charge is 0.407 e. The largest absolute Gasteiger partial charge is 0.444 e. The minimum absolute atomic E-state index is 0.0119. The first-order valence-corrected chi connectivity index (χ1v) is 10.2. The Morgan fingerprint density at radius 2 is 1.45 bits per heavy atom. The summed E-state index contributed by atoms with van der Waals surface area (Å²) >= 11 is 0. The minimum atomic E-state index is -0.843. The molecule has 11 heteroatoms. The summed E-state index contributed by atoms with van der Waals surface area (Å²) < 4.78 is 10.3. The van der Waals surface area contributed by atoms with Gasteiger partial charge in [0.05, 0.1) is 6.42 Å². The predicted molar refractivity (Wildman–Crippen MR) is 108 cm³/mol. The van der Waals surface area contributed by atoms with Crippen molar-refractivity contribution in [2.45, 2.75) is 90.9 Å². The SMILES string of the molecule is CC(C)(C)OC(=O)NCCC[C@@H](CC(=O)ON1C(=O)CCC1=O)NC(=O)OC(C)(C)C. The summed E-state index contributed by atoms with van der Waals surface area (Å²) in [7, 11) is 0. The van der Waals surface area contributed by atoms with E-state index < -0.39 is 47.2 Å². The van der Waals surface area contributed by atoms with Gasteiger partial charge in [0.15, 0.2) is 0 Å². The van der Waals surface area contributed by atoms with E-state index in [4.69, 9.17) is 14.3 Å². The van der Waals surface area contributed by atoms with E-state index in [-0.39, 0.29) is 25.8 Å². The van der Waals surface area contributed by atoms with Gasteiger partial charge in [-0.3, -0.25) is 9.59 Å². The molecule has 0 saturated carbocycles. The highest BCUT2D eigenvalue weighted by Gasteiger charge is 2.33. The van der Waals surface area contributed by atoms with Crippen molar-refractivity contribution < 1.29 is 38.3 Å². The fraction of sp³-hybridized carbons (Fsp3) is 0.750. The molecule has 0 spiro atoms. The molecule has 0 bridgehead atoms. The number of hydroxylamine groups is 2. The molecule has 0 unspecified atom stereocenters. The summed E-state index contributed by atoms with van der Waals surface area (Å²) in [5.41, 5.74) is -1.36. The molecule has 11 nitrogen and oxygen atoms in total. The predicted octanol–water partition coefficient (Wildman–Crippen LogP) is 2.18. The van der Waals surface area contributed by atoms with Crippen molar-refractivity contribution in [2.24, 2.45) is 0 Å². The van der Waals surface area contributed by atoms with Crippen LogP contribution in [0.1, 0.15) is 73.6 Å². The molecule has 1 aliphatic heterocycles. The van der Waals surface area contributed by atoms with Crippen LogP contribution in [0.5, 0.6) is 0 Å². The lowest BCUT2D eigenvalue weighted by Gasteiger charge is -2.24. The summed E-state index contributed by atoms with van der Waals surface area (Å²) in [5.74, 6) is -2.02. The molecule has 31 heavy (non-hydrogen) atoms. The molecule has 1 aliphatic rings. The molecule has 4 amide bonds. The van der Waals surface area contributed by atoms with E-state index >= 15 is 0 Å². The average molecular weight is 443 g/mol. The topological polar surface area (TPSA) is 140 Å². The number of imide groups is 1. The fourth-order valence-electron chi connectivity index (χ4n) is 2.55. The molecule has 0 aromatic heterocycles. The van der Waals surface area contributed by atoms with Crippen molar-refractivity contribution in [3.05, 3.63) is 0 Å². The Kier molecular flexibility index (Phi) is 9.26. The molecule has 1 rings (SSSR count). The number of hydrogen-bond donors (Lipinski definition) is 2. The van der Waals surface area contributed by atoms with Crippen LogP contribution in [0.25, 0.3) is 0 Å². The lowest BCUT2D eigenvalue weighted by Crippen LogP contribution is -2.42. The van der Waals surface area contributed by atoms with Gasteiger partial charge >= 0.3 is 18.2 Å². The molecule has 1 saturated heterocycles. The van der Waals surface area contributed by atoms with Gasteiger partial charge in [-0.15, -0.1) is 5.06 Å². The average Bonchev–Trinajstić information content (AvgIpc) is 2.87. The molecule has 1 fully saturated rings. The molecular formula is C20H33N3O8. The Balaban J connectivity index is 2.60. The zero-order valence-corrected chi connectivity index (χ0v) is 19.0. The van der Waals surface area contributed by atoms with Crippen molar-refractivity contribution in [2.75, 3.05) is 6.54 Å². The summed E-state index contributed by atoms with van der Waals surface area (Å²) in [5, 5.41) is 5.63. The number of carbonyl (C=O) groups is 5. The van der Waals surface area contributed by atoms with Crippen molar-refractivity contribution in [1.82, 2.24) is 15.7 Å². The van der Waals surface area contributed by atoms with Crippen LogP contribution in [-0.4, -0.2) is 58.8 Å². The van der Waals surface area contributed by atoms with Crippen LogP contribution in [0.2, 0.25) is 0 Å². The third-order valence-electron chi connectivity index (χ3n) is 3.73. The Bertz CT molecular complexity index is 678. The first-order chi connectivity index (χ1) is 14.2. The van der Waals surface area contributed by atoms with Gasteiger partial charge in [-0.25, -0.2) is 14.4 Å². The van der Waals surface area contributed by atoms with Crippen LogP contribution in [0.4, 0.5) is 9.59 Å². The zero-order chi connectivity index (χ0) is 23.8. The molecule has 0 radical (unpaired) electrons. The number of amides is 4. The van der Waals surface area contributed by atoms with Crippen LogP contribution >= 0.6 is 0 Å². The second kappa shape index (κ2) is 11.0. The number of nitrogens with zero attached hydrogens (tertiary/aromatic N) is 1. The second-order valence-corrected chi connectivity index (χ2v) is 9.16. The Labute approximate surface area is 182 Å². The van der Waals surface area contributed by atoms with E-state index in [1.165, 1.54) is 0 Å². The zero-order valence-electron chi connectivity index (χ0n) is 19.0. The maximum atomic E-state index is 12.2. The summed E-state index contributed by atoms with van der Waals surface area (Å²) in [6.07, 6.45) is -0.902. The van der Waals surface area contributed by atoms with Gasteiger partial charge in [0.1, 0.15) is 11.2 Å². The first-order valence-electron chi connectivity index (χ1n) is 10.2. The van der Waals surface area contributed by atoms with Gasteiger partial charge in [0.25, 0.3) is 11.8 Å². The van der Waals surface area contributed by atoms with E-state index in [1.807, 2.05) is 0 Å². The molecule has 0 aromatic rings. The lowest BCUT2D eigenvalue weighted by atomic mass is 10.1. The molecule has 1 atom stereocenters. The first kappa shape index (κ1) is 26.2. The lowest BCUT2D eigenvalue weighted by molar-refractivity contribution is -0.197. The third-order valence-corrected chi connectivity index (χ3v) is 3.73. The Morgan fingerprint density at radius 1 is 0.935 bits per heavy atom. The van der Waals surface area contributed by atoms with Gasteiger partial charge in [-0.2, -0.15) is 0 Å². The quantitative estimate of drug-likeness (QED) is 0.430. The van der Waals surface area contributed by atoms with Crippen molar-refractivity contribution >= 4 is 30.0 Å². The Morgan fingerprint density at radius 3 is 1.97 bits per heavy atom. The van der Waals surface area contributed by atoms with E-state index in [1.54, 1.807) is 41.5 Å². The van der Waals surface area contributed by atoms with Crippen LogP contribution < -0.4 is 10.6 Å². The van der Waals surface area contributed by atoms with Gasteiger partial charge in [-0.05, 0) is 54.4 Å². The highest BCUT2D eigenvalue weighted by Crippen LogP contribution is 2.14. The van der Waals surface area contributed by atoms with Crippen molar-refractivity contribution in [3.63, 3.8) is 0 Å². The highest BCUT2D eigenvalue weighted by atomic mass is 16.7. The van der Waals surface area contributed by atoms with E-state index in [0.29, 0.717) is 17.9 Å². The molecule has 176 valence electrons. The number of nitrogens with one attached hydrogen (secondary N) is 2. The summed E-state index contributed by atoms with van der Waals surface area (Å²) in [4.78, 5) is 64.1. The number of ether oxygens (including phenoxy) is 2. The van der Waals surface area contributed by atoms with E-state index in [9.17, 15) is 24.0 Å². The second-order valence-electron chi connectivity index (χ2n) is 9.16. The monoisotopic (exact) mass is 443 g/mol. The maximum absolute atomic E-state index is 12.2. The van der Waals surface area contributed by atoms with Gasteiger partial charge < -0.3 is 24.9 Å². The third kappa shape index (κ3) is 11.2. The number of carbonyl (C=O) groups excluding carboxylic acids is 5. The number of hydrogen-bond acceptors (Lipinski definition) is 8. The van der Waals surface area contributed by atoms with Crippen molar-refractivity contribution in [1.29, 1.82) is 0 Å². The number of rotatable bonds is 8. The minimum Gasteiger partial charge on any atom is -0.444 e. The molecule has 0 aromatic carbocycles. The van der Waals surface area contributed by atoms with Gasteiger partial charge in [0, 0.05) is 25.4 Å². The summed E-state index contributed by atoms with van der Waals surface area (Å²) in [6.45, 7) is 10.6. The molecule has 0 aliphatic carbocycles. The maximum Gasteiger partial charge on any atom is 0.407 e. The van der Waals surface area contributed by atoms with Gasteiger partial charge in [0.2, 0.25) is 0 Å². The fourth-order valence-corrected chi connectivity index (χ4v) is 2.55. The summed E-state index contributed by atoms with van der Waals surface area (Å²) in [6, 6.07) is -0.699. The Hall–Kier alpha value is -2.85. The van der Waals surface area contributed by atoms with Crippen LogP contribution in [0.3, 0.4) is 0 Å². The van der Waals surface area contributed by atoms with Crippen LogP contribution in [-0.2, 0) is 28.7 Å². The molecule has 2 N–H and O–H groups in total. The van der Waals surface area contributed by atoms with Crippen LogP contribution in [0, 0.1) is 0 Å². The highest BCUT2D eigenvalue weighted by molar-refractivity contribution is 6.01. The van der Waals surface area contributed by atoms with E-state index in [0.717, 1.165) is 0 Å². The number of alkyl carbamates (subject to hydrolysis) is 2. The standard InChI is InChI=1S/C20H33N3O8/c1-19(2,3)29-17(27)21-11-7-8-13(22-18(28)30-20(4,5)6)12-16(26)31-23-14(24)9-10-15(23)25/h13H,7-12H2,1-6H3,(H,21,27)(H,22,28)/t13-/m0/s1. The molecule has 1 heterocycles. The normalized spacial score (nSPS) is 15.4. The van der Waals surface area contributed by atoms with Gasteiger partial charge in [-0.1, -0.05) is 0 Å². The molecular weight excluding hydrogens is 410 g/mol. The van der Waals surface area contributed by atoms with Crippen molar-refractivity contribution in [3.8, 4) is 0 Å².